The van der Waals surface area contributed by atoms with Gasteiger partial charge in [-0.3, -0.25) is 0 Å². The molecule has 0 atom stereocenters. The fourth-order valence-electron chi connectivity index (χ4n) is 7.80. The Labute approximate surface area is 302 Å². The monoisotopic (exact) mass is 663 g/mol. The van der Waals surface area contributed by atoms with E-state index in [0.29, 0.717) is 0 Å². The second kappa shape index (κ2) is 12.5. The predicted molar refractivity (Wildman–Crippen MR) is 220 cm³/mol. The molecular formula is C50H33NO. The number of hydrogen-bond acceptors (Lipinski definition) is 2. The van der Waals surface area contributed by atoms with Gasteiger partial charge in [0.05, 0.1) is 5.69 Å². The maximum absolute atomic E-state index is 7.19. The normalized spacial score (nSPS) is 11.5. The average Bonchev–Trinajstić information content (AvgIpc) is 3.63. The first-order chi connectivity index (χ1) is 25.8. The lowest BCUT2D eigenvalue weighted by atomic mass is 9.95. The first kappa shape index (κ1) is 30.0. The summed E-state index contributed by atoms with van der Waals surface area (Å²) < 4.78 is 7.19. The molecule has 0 aliphatic rings. The van der Waals surface area contributed by atoms with E-state index in [9.17, 15) is 0 Å². The van der Waals surface area contributed by atoms with Crippen LogP contribution in [0.4, 0.5) is 17.1 Å². The summed E-state index contributed by atoms with van der Waals surface area (Å²) in [5, 5.41) is 6.99. The van der Waals surface area contributed by atoms with Gasteiger partial charge in [-0.2, -0.15) is 0 Å². The summed E-state index contributed by atoms with van der Waals surface area (Å²) >= 11 is 0. The van der Waals surface area contributed by atoms with Crippen molar-refractivity contribution >= 4 is 60.5 Å². The molecule has 0 amide bonds. The van der Waals surface area contributed by atoms with E-state index in [2.05, 4.69) is 205 Å². The van der Waals surface area contributed by atoms with E-state index in [-0.39, 0.29) is 0 Å². The summed E-state index contributed by atoms with van der Waals surface area (Å²) in [5.74, 6) is 0. The smallest absolute Gasteiger partial charge is 0.160 e. The summed E-state index contributed by atoms with van der Waals surface area (Å²) in [6.45, 7) is 0. The van der Waals surface area contributed by atoms with Crippen LogP contribution in [0.15, 0.2) is 205 Å². The molecule has 52 heavy (non-hydrogen) atoms. The zero-order valence-electron chi connectivity index (χ0n) is 28.4. The van der Waals surface area contributed by atoms with E-state index in [1.807, 2.05) is 0 Å². The first-order valence-corrected chi connectivity index (χ1v) is 17.8. The molecule has 0 spiro atoms. The molecule has 0 aliphatic carbocycles. The van der Waals surface area contributed by atoms with Crippen molar-refractivity contribution in [3.05, 3.63) is 200 Å². The van der Waals surface area contributed by atoms with Gasteiger partial charge in [-0.25, -0.2) is 0 Å². The molecule has 0 aliphatic heterocycles. The third-order valence-electron chi connectivity index (χ3n) is 10.3. The Balaban J connectivity index is 1.21. The van der Waals surface area contributed by atoms with Crippen molar-refractivity contribution in [2.24, 2.45) is 0 Å². The van der Waals surface area contributed by atoms with Crippen LogP contribution in [0.3, 0.4) is 0 Å². The number of para-hydroxylation sites is 1. The summed E-state index contributed by atoms with van der Waals surface area (Å²) in [6, 6.07) is 71.4. The molecule has 0 saturated heterocycles. The van der Waals surface area contributed by atoms with Crippen LogP contribution in [0.1, 0.15) is 0 Å². The van der Waals surface area contributed by atoms with E-state index in [1.165, 1.54) is 38.4 Å². The Hall–Kier alpha value is -6.90. The minimum atomic E-state index is 0.863. The third kappa shape index (κ3) is 4.96. The quantitative estimate of drug-likeness (QED) is 0.165. The lowest BCUT2D eigenvalue weighted by molar-refractivity contribution is 0.673. The van der Waals surface area contributed by atoms with E-state index < -0.39 is 0 Å². The van der Waals surface area contributed by atoms with Crippen LogP contribution < -0.4 is 4.90 Å². The van der Waals surface area contributed by atoms with Gasteiger partial charge in [0.2, 0.25) is 0 Å². The van der Waals surface area contributed by atoms with Gasteiger partial charge < -0.3 is 9.32 Å². The minimum absolute atomic E-state index is 0.863. The zero-order chi connectivity index (χ0) is 34.4. The highest BCUT2D eigenvalue weighted by Crippen LogP contribution is 2.50. The van der Waals surface area contributed by atoms with Crippen molar-refractivity contribution in [3.8, 4) is 33.4 Å². The van der Waals surface area contributed by atoms with Gasteiger partial charge in [-0.05, 0) is 74.3 Å². The minimum Gasteiger partial charge on any atom is -0.453 e. The van der Waals surface area contributed by atoms with Crippen LogP contribution in [-0.2, 0) is 0 Å². The molecule has 0 saturated carbocycles. The van der Waals surface area contributed by atoms with Crippen LogP contribution in [0.25, 0.3) is 76.9 Å². The van der Waals surface area contributed by atoms with Gasteiger partial charge in [0.15, 0.2) is 5.58 Å². The molecule has 2 heteroatoms. The highest BCUT2D eigenvalue weighted by molar-refractivity contribution is 6.31. The van der Waals surface area contributed by atoms with Gasteiger partial charge >= 0.3 is 0 Å². The molecule has 0 bridgehead atoms. The molecule has 10 rings (SSSR count). The van der Waals surface area contributed by atoms with Gasteiger partial charge in [0.1, 0.15) is 5.58 Å². The number of hydrogen-bond donors (Lipinski definition) is 0. The topological polar surface area (TPSA) is 16.4 Å². The van der Waals surface area contributed by atoms with Crippen molar-refractivity contribution in [2.45, 2.75) is 0 Å². The van der Waals surface area contributed by atoms with E-state index >= 15 is 0 Å². The third-order valence-corrected chi connectivity index (χ3v) is 10.3. The number of furan rings is 1. The second-order valence-corrected chi connectivity index (χ2v) is 13.3. The molecule has 1 aromatic heterocycles. The van der Waals surface area contributed by atoms with Crippen LogP contribution >= 0.6 is 0 Å². The van der Waals surface area contributed by atoms with Gasteiger partial charge in [-0.15, -0.1) is 0 Å². The Morgan fingerprint density at radius 2 is 0.731 bits per heavy atom. The molecule has 2 nitrogen and oxygen atoms in total. The average molecular weight is 664 g/mol. The van der Waals surface area contributed by atoms with E-state index in [4.69, 9.17) is 4.42 Å². The molecule has 10 aromatic rings. The fourth-order valence-corrected chi connectivity index (χ4v) is 7.80. The Morgan fingerprint density at radius 3 is 1.35 bits per heavy atom. The van der Waals surface area contributed by atoms with Crippen molar-refractivity contribution in [3.63, 3.8) is 0 Å². The second-order valence-electron chi connectivity index (χ2n) is 13.3. The standard InChI is InChI=1S/C50H33NO/c1-4-14-34(15-5-1)35-24-26-36(27-25-35)37-28-30-40(31-29-37)51(39-18-8-3-9-19-39)48-41(38-16-6-2-7-17-38)32-33-46-47-44-22-12-10-20-42(44)43-21-11-13-23-45(43)49(47)52-50(46)48/h1-33H. The van der Waals surface area contributed by atoms with E-state index in [1.54, 1.807) is 0 Å². The first-order valence-electron chi connectivity index (χ1n) is 17.8. The van der Waals surface area contributed by atoms with Crippen LogP contribution in [0.5, 0.6) is 0 Å². The van der Waals surface area contributed by atoms with Gasteiger partial charge in [-0.1, -0.05) is 170 Å². The fraction of sp³-hybridized carbons (Fsp3) is 0. The lowest BCUT2D eigenvalue weighted by Crippen LogP contribution is -2.11. The maximum Gasteiger partial charge on any atom is 0.160 e. The summed E-state index contributed by atoms with van der Waals surface area (Å²) in [6.07, 6.45) is 0. The maximum atomic E-state index is 7.19. The van der Waals surface area contributed by atoms with Gasteiger partial charge in [0.25, 0.3) is 0 Å². The van der Waals surface area contributed by atoms with Crippen molar-refractivity contribution in [2.75, 3.05) is 4.90 Å². The molecule has 0 N–H and O–H groups in total. The Morgan fingerprint density at radius 1 is 0.288 bits per heavy atom. The van der Waals surface area contributed by atoms with Crippen molar-refractivity contribution in [1.29, 1.82) is 0 Å². The number of nitrogens with zero attached hydrogens (tertiary/aromatic N) is 1. The molecule has 1 heterocycles. The zero-order valence-corrected chi connectivity index (χ0v) is 28.4. The predicted octanol–water partition coefficient (Wildman–Crippen LogP) is 14.4. The largest absolute Gasteiger partial charge is 0.453 e. The molecule has 244 valence electrons. The highest BCUT2D eigenvalue weighted by Gasteiger charge is 2.25. The number of fused-ring (bicyclic) bond motifs is 8. The van der Waals surface area contributed by atoms with Crippen LogP contribution in [0.2, 0.25) is 0 Å². The van der Waals surface area contributed by atoms with Gasteiger partial charge in [0, 0.05) is 33.1 Å². The number of rotatable bonds is 6. The molecule has 0 radical (unpaired) electrons. The molecule has 9 aromatic carbocycles. The SMILES string of the molecule is c1ccc(-c2ccc(-c3ccc(N(c4ccccc4)c4c(-c5ccccc5)ccc5c4oc4c6ccccc6c6ccccc6c54)cc3)cc2)cc1. The molecule has 0 fully saturated rings. The van der Waals surface area contributed by atoms with Crippen molar-refractivity contribution < 1.29 is 4.42 Å². The summed E-state index contributed by atoms with van der Waals surface area (Å²) in [7, 11) is 0. The Bertz CT molecular complexity index is 2860. The summed E-state index contributed by atoms with van der Waals surface area (Å²) in [5.41, 5.74) is 11.9. The number of benzene rings is 9. The Kier molecular flexibility index (Phi) is 7.18. The highest BCUT2D eigenvalue weighted by atomic mass is 16.3. The molecule has 0 unspecified atom stereocenters. The number of anilines is 3. The summed E-state index contributed by atoms with van der Waals surface area (Å²) in [4.78, 5) is 2.36. The van der Waals surface area contributed by atoms with Crippen molar-refractivity contribution in [1.82, 2.24) is 0 Å². The van der Waals surface area contributed by atoms with E-state index in [0.717, 1.165) is 55.5 Å². The lowest BCUT2D eigenvalue weighted by Gasteiger charge is -2.28. The molecular weight excluding hydrogens is 631 g/mol. The van der Waals surface area contributed by atoms with Crippen LogP contribution in [-0.4, -0.2) is 0 Å². The van der Waals surface area contributed by atoms with Crippen LogP contribution in [0, 0.1) is 0 Å².